The lowest BCUT2D eigenvalue weighted by molar-refractivity contribution is -0.00624. The number of halogens is 2. The standard InChI is InChI=1S/C11H12F2N4/c12-11(13,6-14)7-17-8-16-5-10(17)9-1-3-15-4-2-9/h1-5,8H,6-7,14H2. The summed E-state index contributed by atoms with van der Waals surface area (Å²) in [5.41, 5.74) is 6.44. The summed E-state index contributed by atoms with van der Waals surface area (Å²) in [6.45, 7) is -1.15. The Morgan fingerprint density at radius 3 is 2.59 bits per heavy atom. The quantitative estimate of drug-likeness (QED) is 0.879. The number of hydrogen-bond acceptors (Lipinski definition) is 3. The topological polar surface area (TPSA) is 56.7 Å². The Morgan fingerprint density at radius 2 is 1.94 bits per heavy atom. The van der Waals surface area contributed by atoms with E-state index < -0.39 is 19.0 Å². The number of pyridine rings is 1. The van der Waals surface area contributed by atoms with Gasteiger partial charge in [0.25, 0.3) is 5.92 Å². The molecule has 0 fully saturated rings. The number of nitrogens with two attached hydrogens (primary N) is 1. The molecule has 0 spiro atoms. The van der Waals surface area contributed by atoms with Crippen molar-refractivity contribution in [2.75, 3.05) is 6.54 Å². The van der Waals surface area contributed by atoms with E-state index in [1.165, 1.54) is 10.9 Å². The number of nitrogens with zero attached hydrogens (tertiary/aromatic N) is 3. The van der Waals surface area contributed by atoms with Gasteiger partial charge < -0.3 is 10.3 Å². The third kappa shape index (κ3) is 2.65. The second-order valence-electron chi connectivity index (χ2n) is 3.70. The monoisotopic (exact) mass is 238 g/mol. The first-order valence-electron chi connectivity index (χ1n) is 5.11. The smallest absolute Gasteiger partial charge is 0.277 e. The molecule has 4 nitrogen and oxygen atoms in total. The molecule has 0 unspecified atom stereocenters. The van der Waals surface area contributed by atoms with E-state index in [0.29, 0.717) is 5.69 Å². The highest BCUT2D eigenvalue weighted by molar-refractivity contribution is 5.57. The molecular weight excluding hydrogens is 226 g/mol. The van der Waals surface area contributed by atoms with Crippen LogP contribution in [0.3, 0.4) is 0 Å². The van der Waals surface area contributed by atoms with Gasteiger partial charge in [0, 0.05) is 18.0 Å². The molecule has 0 bridgehead atoms. The van der Waals surface area contributed by atoms with Crippen molar-refractivity contribution in [2.45, 2.75) is 12.5 Å². The summed E-state index contributed by atoms with van der Waals surface area (Å²) in [6.07, 6.45) is 6.13. The molecule has 0 radical (unpaired) electrons. The average Bonchev–Trinajstić information content (AvgIpc) is 2.77. The second-order valence-corrected chi connectivity index (χ2v) is 3.70. The van der Waals surface area contributed by atoms with Crippen molar-refractivity contribution >= 4 is 0 Å². The Labute approximate surface area is 97.1 Å². The maximum atomic E-state index is 13.2. The first kappa shape index (κ1) is 11.7. The molecule has 90 valence electrons. The molecular formula is C11H12F2N4. The second kappa shape index (κ2) is 4.58. The molecule has 2 heterocycles. The van der Waals surface area contributed by atoms with Gasteiger partial charge in [-0.1, -0.05) is 0 Å². The maximum Gasteiger partial charge on any atom is 0.277 e. The summed E-state index contributed by atoms with van der Waals surface area (Å²) < 4.78 is 27.8. The fourth-order valence-corrected chi connectivity index (χ4v) is 1.52. The lowest BCUT2D eigenvalue weighted by Crippen LogP contribution is -2.32. The van der Waals surface area contributed by atoms with Gasteiger partial charge >= 0.3 is 0 Å². The van der Waals surface area contributed by atoms with Gasteiger partial charge in [0.15, 0.2) is 0 Å². The van der Waals surface area contributed by atoms with Gasteiger partial charge in [-0.05, 0) is 12.1 Å². The summed E-state index contributed by atoms with van der Waals surface area (Å²) in [5, 5.41) is 0. The molecule has 0 saturated heterocycles. The summed E-state index contributed by atoms with van der Waals surface area (Å²) >= 11 is 0. The summed E-state index contributed by atoms with van der Waals surface area (Å²) in [7, 11) is 0. The van der Waals surface area contributed by atoms with Crippen LogP contribution in [-0.4, -0.2) is 27.0 Å². The van der Waals surface area contributed by atoms with Crippen molar-refractivity contribution < 1.29 is 8.78 Å². The Morgan fingerprint density at radius 1 is 1.24 bits per heavy atom. The van der Waals surface area contributed by atoms with E-state index in [0.717, 1.165) is 5.56 Å². The zero-order valence-corrected chi connectivity index (χ0v) is 9.05. The molecule has 2 rings (SSSR count). The number of imidazole rings is 1. The van der Waals surface area contributed by atoms with Gasteiger partial charge in [0.05, 0.1) is 31.3 Å². The van der Waals surface area contributed by atoms with Crippen molar-refractivity contribution in [1.82, 2.24) is 14.5 Å². The molecule has 0 atom stereocenters. The molecule has 2 N–H and O–H groups in total. The first-order valence-corrected chi connectivity index (χ1v) is 5.11. The van der Waals surface area contributed by atoms with Crippen LogP contribution in [-0.2, 0) is 6.54 Å². The number of alkyl halides is 2. The van der Waals surface area contributed by atoms with Crippen LogP contribution in [0.25, 0.3) is 11.3 Å². The molecule has 2 aromatic rings. The minimum Gasteiger partial charge on any atom is -0.325 e. The fourth-order valence-electron chi connectivity index (χ4n) is 1.52. The van der Waals surface area contributed by atoms with Crippen LogP contribution in [0, 0.1) is 0 Å². The molecule has 0 aromatic carbocycles. The minimum atomic E-state index is -2.93. The maximum absolute atomic E-state index is 13.2. The molecule has 0 aliphatic carbocycles. The zero-order chi connectivity index (χ0) is 12.3. The largest absolute Gasteiger partial charge is 0.325 e. The van der Waals surface area contributed by atoms with Crippen LogP contribution in [0.4, 0.5) is 8.78 Å². The number of rotatable bonds is 4. The summed E-state index contributed by atoms with van der Waals surface area (Å²) in [4.78, 5) is 7.76. The molecule has 17 heavy (non-hydrogen) atoms. The molecule has 0 saturated carbocycles. The summed E-state index contributed by atoms with van der Waals surface area (Å²) in [5.74, 6) is -2.93. The van der Waals surface area contributed by atoms with Crippen LogP contribution >= 0.6 is 0 Å². The highest BCUT2D eigenvalue weighted by atomic mass is 19.3. The van der Waals surface area contributed by atoms with Gasteiger partial charge in [0.2, 0.25) is 0 Å². The number of hydrogen-bond donors (Lipinski definition) is 1. The predicted octanol–water partition coefficient (Wildman–Crippen LogP) is 1.54. The Bertz CT molecular complexity index is 481. The molecule has 0 amide bonds. The van der Waals surface area contributed by atoms with Gasteiger partial charge in [-0.2, -0.15) is 0 Å². The Kier molecular flexibility index (Phi) is 3.14. The zero-order valence-electron chi connectivity index (χ0n) is 9.05. The van der Waals surface area contributed by atoms with Crippen molar-refractivity contribution in [3.8, 4) is 11.3 Å². The van der Waals surface area contributed by atoms with Crippen LogP contribution in [0.5, 0.6) is 0 Å². The normalized spacial score (nSPS) is 11.7. The van der Waals surface area contributed by atoms with E-state index >= 15 is 0 Å². The van der Waals surface area contributed by atoms with E-state index in [4.69, 9.17) is 5.73 Å². The van der Waals surface area contributed by atoms with Crippen LogP contribution < -0.4 is 5.73 Å². The van der Waals surface area contributed by atoms with E-state index in [1.807, 2.05) is 0 Å². The van der Waals surface area contributed by atoms with Crippen molar-refractivity contribution in [3.05, 3.63) is 37.1 Å². The van der Waals surface area contributed by atoms with Crippen LogP contribution in [0.1, 0.15) is 0 Å². The highest BCUT2D eigenvalue weighted by Gasteiger charge is 2.28. The van der Waals surface area contributed by atoms with Crippen molar-refractivity contribution in [3.63, 3.8) is 0 Å². The first-order chi connectivity index (χ1) is 8.12. The molecule has 0 aliphatic rings. The lowest BCUT2D eigenvalue weighted by Gasteiger charge is -2.16. The Balaban J connectivity index is 2.30. The SMILES string of the molecule is NCC(F)(F)Cn1cncc1-c1ccncc1. The fraction of sp³-hybridized carbons (Fsp3) is 0.273. The van der Waals surface area contributed by atoms with Crippen molar-refractivity contribution in [2.24, 2.45) is 5.73 Å². The molecule has 6 heteroatoms. The van der Waals surface area contributed by atoms with E-state index in [9.17, 15) is 8.78 Å². The van der Waals surface area contributed by atoms with Gasteiger partial charge in [0.1, 0.15) is 0 Å². The third-order valence-corrected chi connectivity index (χ3v) is 2.39. The van der Waals surface area contributed by atoms with Crippen LogP contribution in [0.2, 0.25) is 0 Å². The van der Waals surface area contributed by atoms with Gasteiger partial charge in [-0.25, -0.2) is 13.8 Å². The highest BCUT2D eigenvalue weighted by Crippen LogP contribution is 2.22. The molecule has 2 aromatic heterocycles. The predicted molar refractivity (Wildman–Crippen MR) is 59.5 cm³/mol. The summed E-state index contributed by atoms with van der Waals surface area (Å²) in [6, 6.07) is 3.49. The van der Waals surface area contributed by atoms with Gasteiger partial charge in [-0.15, -0.1) is 0 Å². The van der Waals surface area contributed by atoms with Crippen molar-refractivity contribution in [1.29, 1.82) is 0 Å². The Hall–Kier alpha value is -1.82. The average molecular weight is 238 g/mol. The lowest BCUT2D eigenvalue weighted by atomic mass is 10.2. The van der Waals surface area contributed by atoms with E-state index in [1.54, 1.807) is 30.7 Å². The van der Waals surface area contributed by atoms with E-state index in [2.05, 4.69) is 9.97 Å². The third-order valence-electron chi connectivity index (χ3n) is 2.39. The molecule has 0 aliphatic heterocycles. The van der Waals surface area contributed by atoms with E-state index in [-0.39, 0.29) is 0 Å². The van der Waals surface area contributed by atoms with Crippen LogP contribution in [0.15, 0.2) is 37.1 Å². The van der Waals surface area contributed by atoms with Gasteiger partial charge in [-0.3, -0.25) is 4.98 Å². The minimum absolute atomic E-state index is 0.471. The number of aromatic nitrogens is 3.